The number of halogens is 1. The van der Waals surface area contributed by atoms with Gasteiger partial charge in [0, 0.05) is 6.07 Å². The van der Waals surface area contributed by atoms with Crippen LogP contribution in [-0.2, 0) is 16.6 Å². The van der Waals surface area contributed by atoms with Crippen LogP contribution in [0.25, 0.3) is 11.4 Å². The Morgan fingerprint density at radius 3 is 2.45 bits per heavy atom. The highest BCUT2D eigenvalue weighted by Gasteiger charge is 2.19. The average molecular weight is 423 g/mol. The second kappa shape index (κ2) is 8.45. The van der Waals surface area contributed by atoms with Crippen molar-refractivity contribution in [1.82, 2.24) is 14.9 Å². The third kappa shape index (κ3) is 4.46. The molecule has 0 fully saturated rings. The molecule has 0 aliphatic carbocycles. The third-order valence-electron chi connectivity index (χ3n) is 3.96. The van der Waals surface area contributed by atoms with E-state index in [2.05, 4.69) is 14.9 Å². The van der Waals surface area contributed by atoms with Gasteiger partial charge in [0.25, 0.3) is 0 Å². The number of benzene rings is 2. The highest BCUT2D eigenvalue weighted by atomic mass is 32.2. The van der Waals surface area contributed by atoms with E-state index in [-0.39, 0.29) is 28.9 Å². The molecule has 1 N–H and O–H groups in total. The molecule has 0 amide bonds. The van der Waals surface area contributed by atoms with E-state index in [4.69, 9.17) is 18.7 Å². The molecular weight excluding hydrogens is 405 g/mol. The van der Waals surface area contributed by atoms with Gasteiger partial charge in [-0.3, -0.25) is 0 Å². The van der Waals surface area contributed by atoms with Gasteiger partial charge in [-0.15, -0.1) is 0 Å². The van der Waals surface area contributed by atoms with Gasteiger partial charge in [0.1, 0.15) is 11.5 Å². The maximum atomic E-state index is 13.8. The van der Waals surface area contributed by atoms with Crippen LogP contribution in [0.2, 0.25) is 0 Å². The van der Waals surface area contributed by atoms with Gasteiger partial charge in [-0.2, -0.15) is 4.98 Å². The van der Waals surface area contributed by atoms with E-state index in [1.807, 2.05) is 0 Å². The molecule has 0 bridgehead atoms. The van der Waals surface area contributed by atoms with Gasteiger partial charge in [0.2, 0.25) is 21.7 Å². The molecule has 0 unspecified atom stereocenters. The first-order valence-corrected chi connectivity index (χ1v) is 9.74. The molecule has 1 heterocycles. The minimum Gasteiger partial charge on any atom is -0.497 e. The zero-order valence-corrected chi connectivity index (χ0v) is 16.6. The Labute approximate surface area is 166 Å². The predicted octanol–water partition coefficient (Wildman–Crippen LogP) is 2.38. The topological polar surface area (TPSA) is 113 Å². The van der Waals surface area contributed by atoms with E-state index in [1.54, 1.807) is 18.2 Å². The van der Waals surface area contributed by atoms with E-state index in [0.717, 1.165) is 6.07 Å². The molecule has 0 aliphatic heterocycles. The molecule has 0 saturated heterocycles. The summed E-state index contributed by atoms with van der Waals surface area (Å²) in [6.07, 6.45) is 0. The summed E-state index contributed by atoms with van der Waals surface area (Å²) in [6, 6.07) is 8.37. The predicted molar refractivity (Wildman–Crippen MR) is 99.8 cm³/mol. The van der Waals surface area contributed by atoms with E-state index in [1.165, 1.54) is 33.5 Å². The molecule has 9 nitrogen and oxygen atoms in total. The van der Waals surface area contributed by atoms with Crippen LogP contribution in [0.4, 0.5) is 4.39 Å². The summed E-state index contributed by atoms with van der Waals surface area (Å²) in [4.78, 5) is 3.91. The fourth-order valence-corrected chi connectivity index (χ4v) is 3.46. The van der Waals surface area contributed by atoms with Crippen LogP contribution in [0.3, 0.4) is 0 Å². The monoisotopic (exact) mass is 423 g/mol. The number of nitrogens with one attached hydrogen (secondary N) is 1. The highest BCUT2D eigenvalue weighted by molar-refractivity contribution is 7.89. The quantitative estimate of drug-likeness (QED) is 0.588. The summed E-state index contributed by atoms with van der Waals surface area (Å²) in [5, 5.41) is 3.84. The molecule has 2 aromatic carbocycles. The molecule has 11 heteroatoms. The van der Waals surface area contributed by atoms with E-state index < -0.39 is 15.8 Å². The van der Waals surface area contributed by atoms with Crippen LogP contribution < -0.4 is 18.9 Å². The molecule has 1 aromatic heterocycles. The van der Waals surface area contributed by atoms with Gasteiger partial charge in [0.05, 0.1) is 38.3 Å². The van der Waals surface area contributed by atoms with Gasteiger partial charge in [-0.1, -0.05) is 5.16 Å². The zero-order chi connectivity index (χ0) is 21.0. The van der Waals surface area contributed by atoms with Gasteiger partial charge in [0.15, 0.2) is 11.6 Å². The molecule has 29 heavy (non-hydrogen) atoms. The van der Waals surface area contributed by atoms with Crippen LogP contribution in [0.5, 0.6) is 17.2 Å². The number of hydrogen-bond donors (Lipinski definition) is 1. The Kier molecular flexibility index (Phi) is 5.99. The van der Waals surface area contributed by atoms with Crippen molar-refractivity contribution in [1.29, 1.82) is 0 Å². The Morgan fingerprint density at radius 2 is 1.79 bits per heavy atom. The summed E-state index contributed by atoms with van der Waals surface area (Å²) in [5.74, 6) is 0.449. The fraction of sp³-hybridized carbons (Fsp3) is 0.222. The first-order valence-electron chi connectivity index (χ1n) is 8.26. The largest absolute Gasteiger partial charge is 0.497 e. The molecule has 3 aromatic rings. The number of aromatic nitrogens is 2. The molecule has 0 radical (unpaired) electrons. The van der Waals surface area contributed by atoms with Crippen molar-refractivity contribution < 1.29 is 31.5 Å². The van der Waals surface area contributed by atoms with Crippen molar-refractivity contribution in [2.75, 3.05) is 21.3 Å². The minimum absolute atomic E-state index is 0.0235. The number of sulfonamides is 1. The lowest BCUT2D eigenvalue weighted by molar-refractivity contribution is 0.374. The van der Waals surface area contributed by atoms with E-state index in [9.17, 15) is 12.8 Å². The molecule has 0 aliphatic rings. The molecular formula is C18H18FN3O6S. The van der Waals surface area contributed by atoms with Crippen molar-refractivity contribution in [3.05, 3.63) is 48.1 Å². The Hall–Kier alpha value is -3.18. The number of nitrogens with zero attached hydrogens (tertiary/aromatic N) is 2. The Balaban J connectivity index is 1.76. The number of methoxy groups -OCH3 is 3. The summed E-state index contributed by atoms with van der Waals surface area (Å²) in [6.45, 7) is -0.276. The van der Waals surface area contributed by atoms with Crippen molar-refractivity contribution >= 4 is 10.0 Å². The van der Waals surface area contributed by atoms with Crippen LogP contribution in [-0.4, -0.2) is 39.9 Å². The van der Waals surface area contributed by atoms with Gasteiger partial charge >= 0.3 is 0 Å². The first-order chi connectivity index (χ1) is 13.9. The van der Waals surface area contributed by atoms with Crippen molar-refractivity contribution in [2.24, 2.45) is 0 Å². The van der Waals surface area contributed by atoms with E-state index >= 15 is 0 Å². The SMILES string of the molecule is COc1ccc(-c2noc(CNS(=O)(=O)c3ccc(OC)c(F)c3)n2)c(OC)c1. The molecule has 154 valence electrons. The number of rotatable bonds is 8. The standard InChI is InChI=1S/C18H18FN3O6S/c1-25-11-4-6-13(16(8-11)27-3)18-21-17(28-22-18)10-20-29(23,24)12-5-7-15(26-2)14(19)9-12/h4-9,20H,10H2,1-3H3. The first kappa shape index (κ1) is 20.6. The Bertz CT molecular complexity index is 1120. The summed E-state index contributed by atoms with van der Waals surface area (Å²) in [7, 11) is 0.307. The normalized spacial score (nSPS) is 11.3. The van der Waals surface area contributed by atoms with Crippen molar-refractivity contribution in [3.63, 3.8) is 0 Å². The summed E-state index contributed by atoms with van der Waals surface area (Å²) >= 11 is 0. The third-order valence-corrected chi connectivity index (χ3v) is 5.36. The smallest absolute Gasteiger partial charge is 0.242 e. The zero-order valence-electron chi connectivity index (χ0n) is 15.8. The average Bonchev–Trinajstić information content (AvgIpc) is 3.20. The fourth-order valence-electron chi connectivity index (χ4n) is 2.47. The van der Waals surface area contributed by atoms with E-state index in [0.29, 0.717) is 17.1 Å². The minimum atomic E-state index is -4.00. The van der Waals surface area contributed by atoms with Crippen molar-refractivity contribution in [2.45, 2.75) is 11.4 Å². The summed E-state index contributed by atoms with van der Waals surface area (Å²) < 4.78 is 61.1. The Morgan fingerprint density at radius 1 is 1.03 bits per heavy atom. The molecule has 0 atom stereocenters. The van der Waals surface area contributed by atoms with Crippen LogP contribution >= 0.6 is 0 Å². The maximum absolute atomic E-state index is 13.8. The van der Waals surface area contributed by atoms with Crippen LogP contribution in [0.1, 0.15) is 5.89 Å². The van der Waals surface area contributed by atoms with Gasteiger partial charge < -0.3 is 18.7 Å². The number of ether oxygens (including phenoxy) is 3. The van der Waals surface area contributed by atoms with Crippen LogP contribution in [0, 0.1) is 5.82 Å². The lowest BCUT2D eigenvalue weighted by Crippen LogP contribution is -2.23. The summed E-state index contributed by atoms with van der Waals surface area (Å²) in [5.41, 5.74) is 0.545. The van der Waals surface area contributed by atoms with Gasteiger partial charge in [-0.05, 0) is 30.3 Å². The van der Waals surface area contributed by atoms with Crippen LogP contribution in [0.15, 0.2) is 45.8 Å². The lowest BCUT2D eigenvalue weighted by atomic mass is 10.2. The molecule has 3 rings (SSSR count). The number of hydrogen-bond acceptors (Lipinski definition) is 8. The second-order valence-electron chi connectivity index (χ2n) is 5.70. The highest BCUT2D eigenvalue weighted by Crippen LogP contribution is 2.31. The second-order valence-corrected chi connectivity index (χ2v) is 7.47. The molecule has 0 spiro atoms. The van der Waals surface area contributed by atoms with Crippen molar-refractivity contribution in [3.8, 4) is 28.6 Å². The molecule has 0 saturated carbocycles. The van der Waals surface area contributed by atoms with Gasteiger partial charge in [-0.25, -0.2) is 17.5 Å². The lowest BCUT2D eigenvalue weighted by Gasteiger charge is -2.07. The maximum Gasteiger partial charge on any atom is 0.242 e.